The highest BCUT2D eigenvalue weighted by Crippen LogP contribution is 2.11. The molecule has 5 nitrogen and oxygen atoms in total. The largest absolute Gasteiger partial charge is 0.480 e. The van der Waals surface area contributed by atoms with Crippen LogP contribution >= 0.6 is 0 Å². The zero-order valence-corrected chi connectivity index (χ0v) is 7.75. The molecule has 76 valence electrons. The monoisotopic (exact) mass is 188 g/mol. The number of carboxylic acid groups (broad SMARTS) is 1. The van der Waals surface area contributed by atoms with Gasteiger partial charge in [0.2, 0.25) is 0 Å². The van der Waals surface area contributed by atoms with Gasteiger partial charge in [-0.15, -0.1) is 0 Å². The molecule has 0 aliphatic rings. The lowest BCUT2D eigenvalue weighted by atomic mass is 9.89. The Morgan fingerprint density at radius 1 is 1.46 bits per heavy atom. The van der Waals surface area contributed by atoms with Gasteiger partial charge in [0, 0.05) is 6.42 Å². The number of carbonyl (C=O) groups excluding carboxylic acids is 1. The maximum atomic E-state index is 11.3. The van der Waals surface area contributed by atoms with Crippen molar-refractivity contribution >= 4 is 11.8 Å². The van der Waals surface area contributed by atoms with E-state index >= 15 is 0 Å². The highest BCUT2D eigenvalue weighted by Gasteiger charge is 2.39. The van der Waals surface area contributed by atoms with E-state index < -0.39 is 17.3 Å². The lowest BCUT2D eigenvalue weighted by molar-refractivity contribution is -0.148. The summed E-state index contributed by atoms with van der Waals surface area (Å²) in [5.41, 5.74) is 8.90. The Morgan fingerprint density at radius 3 is 2.31 bits per heavy atom. The lowest BCUT2D eigenvalue weighted by Gasteiger charge is -2.20. The first-order valence-electron chi connectivity index (χ1n) is 4.24. The number of hydrogen-bond donors (Lipinski definition) is 3. The Kier molecular flexibility index (Phi) is 4.58. The number of carboxylic acids is 1. The van der Waals surface area contributed by atoms with E-state index in [1.807, 2.05) is 0 Å². The third kappa shape index (κ3) is 2.78. The van der Waals surface area contributed by atoms with Gasteiger partial charge < -0.3 is 16.6 Å². The number of rotatable bonds is 6. The van der Waals surface area contributed by atoms with E-state index in [1.165, 1.54) is 0 Å². The molecule has 5 N–H and O–H groups in total. The molecule has 0 aromatic rings. The van der Waals surface area contributed by atoms with Gasteiger partial charge in [0.05, 0.1) is 0 Å². The molecule has 0 aromatic carbocycles. The summed E-state index contributed by atoms with van der Waals surface area (Å²) in [6, 6.07) is 0. The van der Waals surface area contributed by atoms with Gasteiger partial charge in [-0.25, -0.2) is 4.79 Å². The zero-order chi connectivity index (χ0) is 10.5. The first kappa shape index (κ1) is 12.1. The number of carbonyl (C=O) groups is 2. The summed E-state index contributed by atoms with van der Waals surface area (Å²) in [5, 5.41) is 8.73. The number of Topliss-reactive ketones (excluding diaryl/α,β-unsaturated/α-hetero) is 1. The first-order chi connectivity index (χ1) is 5.99. The van der Waals surface area contributed by atoms with Gasteiger partial charge in [0.25, 0.3) is 0 Å². The number of hydrogen-bond acceptors (Lipinski definition) is 4. The van der Waals surface area contributed by atoms with Crippen molar-refractivity contribution in [2.24, 2.45) is 11.5 Å². The van der Waals surface area contributed by atoms with Crippen LogP contribution in [0.25, 0.3) is 0 Å². The maximum absolute atomic E-state index is 11.3. The van der Waals surface area contributed by atoms with Crippen LogP contribution in [0, 0.1) is 0 Å². The van der Waals surface area contributed by atoms with Crippen LogP contribution in [0.2, 0.25) is 0 Å². The fourth-order valence-electron chi connectivity index (χ4n) is 0.953. The fourth-order valence-corrected chi connectivity index (χ4v) is 0.953. The van der Waals surface area contributed by atoms with Crippen molar-refractivity contribution in [3.63, 3.8) is 0 Å². The third-order valence-corrected chi connectivity index (χ3v) is 2.04. The molecule has 0 rings (SSSR count). The molecule has 1 atom stereocenters. The van der Waals surface area contributed by atoms with Gasteiger partial charge >= 0.3 is 5.97 Å². The molecule has 0 spiro atoms. The van der Waals surface area contributed by atoms with Gasteiger partial charge in [-0.3, -0.25) is 4.79 Å². The minimum atomic E-state index is -1.73. The van der Waals surface area contributed by atoms with Crippen molar-refractivity contribution in [2.45, 2.75) is 31.7 Å². The molecular weight excluding hydrogens is 172 g/mol. The molecule has 0 aliphatic carbocycles. The van der Waals surface area contributed by atoms with E-state index in [0.717, 1.165) is 0 Å². The van der Waals surface area contributed by atoms with Crippen LogP contribution in [-0.4, -0.2) is 28.9 Å². The van der Waals surface area contributed by atoms with E-state index in [4.69, 9.17) is 16.6 Å². The van der Waals surface area contributed by atoms with Crippen molar-refractivity contribution in [3.8, 4) is 0 Å². The molecule has 13 heavy (non-hydrogen) atoms. The Morgan fingerprint density at radius 2 is 2.00 bits per heavy atom. The predicted molar refractivity (Wildman–Crippen MR) is 48.1 cm³/mol. The SMILES string of the molecule is CCC(N)(C(=O)O)C(=O)CCCN. The van der Waals surface area contributed by atoms with Crippen molar-refractivity contribution in [3.05, 3.63) is 0 Å². The van der Waals surface area contributed by atoms with Gasteiger partial charge in [0.15, 0.2) is 11.3 Å². The third-order valence-electron chi connectivity index (χ3n) is 2.04. The molecule has 0 aliphatic heterocycles. The lowest BCUT2D eigenvalue weighted by Crippen LogP contribution is -2.54. The Hall–Kier alpha value is -0.940. The van der Waals surface area contributed by atoms with E-state index in [-0.39, 0.29) is 12.8 Å². The summed E-state index contributed by atoms with van der Waals surface area (Å²) in [5.74, 6) is -1.72. The van der Waals surface area contributed by atoms with Crippen LogP contribution in [-0.2, 0) is 9.59 Å². The molecule has 0 amide bonds. The second kappa shape index (κ2) is 4.94. The van der Waals surface area contributed by atoms with Crippen LogP contribution in [0.4, 0.5) is 0 Å². The molecule has 0 radical (unpaired) electrons. The van der Waals surface area contributed by atoms with Crippen molar-refractivity contribution in [1.82, 2.24) is 0 Å². The quantitative estimate of drug-likeness (QED) is 0.486. The molecule has 0 heterocycles. The van der Waals surface area contributed by atoms with Crippen LogP contribution < -0.4 is 11.5 Å². The highest BCUT2D eigenvalue weighted by atomic mass is 16.4. The molecule has 0 saturated heterocycles. The standard InChI is InChI=1S/C8H16N2O3/c1-2-8(10,7(12)13)6(11)4-3-5-9/h2-5,9-10H2,1H3,(H,12,13). The van der Waals surface area contributed by atoms with Gasteiger partial charge in [0.1, 0.15) is 0 Å². The average molecular weight is 188 g/mol. The zero-order valence-electron chi connectivity index (χ0n) is 7.75. The fraction of sp³-hybridized carbons (Fsp3) is 0.750. The van der Waals surface area contributed by atoms with Crippen LogP contribution in [0.5, 0.6) is 0 Å². The number of nitrogens with two attached hydrogens (primary N) is 2. The summed E-state index contributed by atoms with van der Waals surface area (Å²) >= 11 is 0. The van der Waals surface area contributed by atoms with Gasteiger partial charge in [-0.1, -0.05) is 6.92 Å². The molecule has 0 fully saturated rings. The van der Waals surface area contributed by atoms with Crippen LogP contribution in [0.1, 0.15) is 26.2 Å². The predicted octanol–water partition coefficient (Wildman–Crippen LogP) is -0.513. The normalized spacial score (nSPS) is 15.0. The molecular formula is C8H16N2O3. The topological polar surface area (TPSA) is 106 Å². The Labute approximate surface area is 77.1 Å². The number of aliphatic carboxylic acids is 1. The smallest absolute Gasteiger partial charge is 0.331 e. The maximum Gasteiger partial charge on any atom is 0.331 e. The molecule has 5 heteroatoms. The van der Waals surface area contributed by atoms with Crippen molar-refractivity contribution < 1.29 is 14.7 Å². The summed E-state index contributed by atoms with van der Waals surface area (Å²) < 4.78 is 0. The first-order valence-corrected chi connectivity index (χ1v) is 4.24. The number of ketones is 1. The van der Waals surface area contributed by atoms with E-state index in [2.05, 4.69) is 0 Å². The molecule has 0 saturated carbocycles. The van der Waals surface area contributed by atoms with Crippen LogP contribution in [0.3, 0.4) is 0 Å². The second-order valence-electron chi connectivity index (χ2n) is 2.95. The van der Waals surface area contributed by atoms with Gasteiger partial charge in [-0.05, 0) is 19.4 Å². The summed E-state index contributed by atoms with van der Waals surface area (Å²) in [4.78, 5) is 22.0. The van der Waals surface area contributed by atoms with E-state index in [9.17, 15) is 9.59 Å². The molecule has 1 unspecified atom stereocenters. The average Bonchev–Trinajstić information content (AvgIpc) is 2.12. The molecule has 0 bridgehead atoms. The summed E-state index contributed by atoms with van der Waals surface area (Å²) in [6.45, 7) is 1.94. The van der Waals surface area contributed by atoms with Gasteiger partial charge in [-0.2, -0.15) is 0 Å². The summed E-state index contributed by atoms with van der Waals surface area (Å²) in [6.07, 6.45) is 0.712. The van der Waals surface area contributed by atoms with Crippen molar-refractivity contribution in [1.29, 1.82) is 0 Å². The minimum absolute atomic E-state index is 0.103. The Bertz CT molecular complexity index is 206. The minimum Gasteiger partial charge on any atom is -0.480 e. The highest BCUT2D eigenvalue weighted by molar-refractivity contribution is 6.07. The van der Waals surface area contributed by atoms with E-state index in [0.29, 0.717) is 13.0 Å². The molecule has 0 aromatic heterocycles. The summed E-state index contributed by atoms with van der Waals surface area (Å²) in [7, 11) is 0. The van der Waals surface area contributed by atoms with E-state index in [1.54, 1.807) is 6.92 Å². The van der Waals surface area contributed by atoms with Crippen molar-refractivity contribution in [2.75, 3.05) is 6.54 Å². The van der Waals surface area contributed by atoms with Crippen LogP contribution in [0.15, 0.2) is 0 Å². The Balaban J connectivity index is 4.39. The second-order valence-corrected chi connectivity index (χ2v) is 2.95.